The van der Waals surface area contributed by atoms with Crippen LogP contribution in [0.15, 0.2) is 0 Å². The normalized spacial score (nSPS) is 8.14. The zero-order chi connectivity index (χ0) is 18.0. The predicted octanol–water partition coefficient (Wildman–Crippen LogP) is -23.5. The monoisotopic (exact) mass is 638 g/mol. The van der Waals surface area contributed by atoms with Crippen molar-refractivity contribution < 1.29 is 203 Å². The number of phosphoric acid groups is 4. The van der Waals surface area contributed by atoms with Crippen LogP contribution in [0.4, 0.5) is 0 Å². The summed E-state index contributed by atoms with van der Waals surface area (Å²) in [5.74, 6) is 0. The molecule has 0 unspecified atom stereocenters. The minimum absolute atomic E-state index is 0. The first-order valence-electron chi connectivity index (χ1n) is 2.92. The Labute approximate surface area is 282 Å². The van der Waals surface area contributed by atoms with Crippen LogP contribution in [0.5, 0.6) is 0 Å². The van der Waals surface area contributed by atoms with E-state index in [1.807, 2.05) is 0 Å². The fourth-order valence-corrected chi connectivity index (χ4v) is 0. The number of rotatable bonds is 0. The second-order valence-corrected chi connectivity index (χ2v) is 5.37. The van der Waals surface area contributed by atoms with Crippen molar-refractivity contribution in [3.63, 3.8) is 0 Å². The molecule has 152 valence electrons. The van der Waals surface area contributed by atoms with E-state index in [0.717, 1.165) is 0 Å². The molecule has 0 aliphatic rings. The smallest absolute Gasteiger partial charge is 1.00 e. The quantitative estimate of drug-likeness (QED) is 0.176. The molecule has 29 heteroatoms. The van der Waals surface area contributed by atoms with Gasteiger partial charge in [-0.05, 0) is 0 Å². The first-order chi connectivity index (χ1) is 8.00. The first kappa shape index (κ1) is 83.6. The van der Waals surface area contributed by atoms with Gasteiger partial charge in [0.05, 0.1) is 0 Å². The van der Waals surface area contributed by atoms with Crippen molar-refractivity contribution in [2.45, 2.75) is 0 Å². The van der Waals surface area contributed by atoms with Crippen LogP contribution in [-0.4, -0.2) is 52.1 Å². The summed E-state index contributed by atoms with van der Waals surface area (Å²) in [6.45, 7) is 0. The molecule has 0 heterocycles. The molecule has 0 fully saturated rings. The van der Waals surface area contributed by atoms with Gasteiger partial charge in [-0.15, -0.1) is 0 Å². The van der Waals surface area contributed by atoms with Crippen molar-refractivity contribution in [1.82, 2.24) is 0 Å². The van der Waals surface area contributed by atoms with Crippen LogP contribution in [0.25, 0.3) is 0 Å². The molecule has 16 nitrogen and oxygen atoms in total. The molecule has 0 amide bonds. The summed E-state index contributed by atoms with van der Waals surface area (Å²) in [6.07, 6.45) is 0. The summed E-state index contributed by atoms with van der Waals surface area (Å²) in [4.78, 5) is 103. The summed E-state index contributed by atoms with van der Waals surface area (Å²) in [6, 6.07) is 0. The van der Waals surface area contributed by atoms with Crippen molar-refractivity contribution in [1.29, 1.82) is 0 Å². The van der Waals surface area contributed by atoms with Crippen LogP contribution in [0.2, 0.25) is 0 Å². The van der Waals surface area contributed by atoms with Gasteiger partial charge in [-0.3, -0.25) is 0 Å². The molecule has 0 aliphatic heterocycles. The molecule has 0 aliphatic carbocycles. The summed E-state index contributed by atoms with van der Waals surface area (Å²) in [5, 5.41) is 0. The molecule has 0 aromatic heterocycles. The van der Waals surface area contributed by atoms with Crippen LogP contribution in [0.1, 0.15) is 4.28 Å². The molecular weight excluding hydrogens is 625 g/mol. The van der Waals surface area contributed by atoms with Gasteiger partial charge in [0, 0.05) is 0 Å². The van der Waals surface area contributed by atoms with Gasteiger partial charge in [0.25, 0.3) is 0 Å². The van der Waals surface area contributed by atoms with Gasteiger partial charge >= 0.3 is 122 Å². The average molecular weight is 637 g/mol. The van der Waals surface area contributed by atoms with Crippen LogP contribution < -0.4 is 115 Å². The van der Waals surface area contributed by atoms with E-state index in [1.165, 1.54) is 0 Å². The minimum atomic E-state index is -5.39. The summed E-state index contributed by atoms with van der Waals surface area (Å²) in [5.41, 5.74) is 0. The minimum Gasteiger partial charge on any atom is -1.00 e. The fourth-order valence-electron chi connectivity index (χ4n) is 0. The maximum Gasteiger partial charge on any atom is 4.00 e. The van der Waals surface area contributed by atoms with E-state index in [1.54, 1.807) is 0 Å². The Morgan fingerprint density at radius 3 is 0.345 bits per heavy atom. The van der Waals surface area contributed by atoms with Crippen molar-refractivity contribution >= 4 is 83.4 Å². The van der Waals surface area contributed by atoms with Crippen LogP contribution in [-0.2, 0) is 83.4 Å². The number of hydrogen-bond acceptors (Lipinski definition) is 16. The second-order valence-electron chi connectivity index (χ2n) is 1.79. The maximum atomic E-state index is 8.55. The van der Waals surface area contributed by atoms with Gasteiger partial charge < -0.3 is 81.3 Å². The van der Waals surface area contributed by atoms with E-state index in [2.05, 4.69) is 0 Å². The van der Waals surface area contributed by atoms with Gasteiger partial charge in [-0.2, -0.15) is 31.3 Å². The molecule has 0 spiro atoms. The van der Waals surface area contributed by atoms with Crippen molar-refractivity contribution in [2.24, 2.45) is 0 Å². The van der Waals surface area contributed by atoms with Gasteiger partial charge in [-0.1, -0.05) is 0 Å². The predicted molar refractivity (Wildman–Crippen MR) is 63.6 cm³/mol. The molecule has 29 heavy (non-hydrogen) atoms. The van der Waals surface area contributed by atoms with Crippen LogP contribution >= 0.6 is 31.3 Å². The molecule has 0 aromatic carbocycles. The van der Waals surface area contributed by atoms with Gasteiger partial charge in [0.15, 0.2) is 52.1 Å². The average Bonchev–Trinajstić information content (AvgIpc) is 1.62. The van der Waals surface area contributed by atoms with E-state index >= 15 is 0 Å². The Balaban J connectivity index is -0.00000000677. The zero-order valence-electron chi connectivity index (χ0n) is 15.8. The van der Waals surface area contributed by atoms with Crippen LogP contribution in [0, 0.1) is 0 Å². The van der Waals surface area contributed by atoms with E-state index < -0.39 is 31.3 Å². The first-order valence-corrected chi connectivity index (χ1v) is 8.76. The SMILES string of the molecule is O=P([O-])([O-])[O-].O=P([O-])([O-])[O-].O=P([O-])([O-])[O-].O=P([O-])([O-])[O-].[AlH3].[AlH3].[AlH3].[H-].[H-].[H-].[Li+].[Li+].[Li+].[Ti+4].[Ti+4].[Ti+4]. The third kappa shape index (κ3) is 974. The third-order valence-corrected chi connectivity index (χ3v) is 0. The second kappa shape index (κ2) is 41.1. The Kier molecular flexibility index (Phi) is 119. The summed E-state index contributed by atoms with van der Waals surface area (Å²) >= 11 is 0. The third-order valence-electron chi connectivity index (χ3n) is 0. The molecule has 0 saturated heterocycles. The zero-order valence-corrected chi connectivity index (χ0v) is 21.1. The van der Waals surface area contributed by atoms with Crippen molar-refractivity contribution in [3.8, 4) is 0 Å². The van der Waals surface area contributed by atoms with E-state index in [9.17, 15) is 0 Å². The van der Waals surface area contributed by atoms with E-state index in [4.69, 9.17) is 77.0 Å². The van der Waals surface area contributed by atoms with Gasteiger partial charge in [0.2, 0.25) is 0 Å². The molecule has 0 saturated carbocycles. The molecule has 0 N–H and O–H groups in total. The van der Waals surface area contributed by atoms with Gasteiger partial charge in [0.1, 0.15) is 0 Å². The molecule has 0 aromatic rings. The van der Waals surface area contributed by atoms with Crippen LogP contribution in [0.3, 0.4) is 0 Å². The van der Waals surface area contributed by atoms with E-state index in [0.29, 0.717) is 0 Å². The van der Waals surface area contributed by atoms with Crippen molar-refractivity contribution in [2.75, 3.05) is 0 Å². The Hall–Kier alpha value is 5.97. The summed E-state index contributed by atoms with van der Waals surface area (Å²) < 4.78 is 34.2. The molecule has 0 radical (unpaired) electrons. The molecule has 0 atom stereocenters. The van der Waals surface area contributed by atoms with E-state index in [-0.39, 0.29) is 178 Å². The largest absolute Gasteiger partial charge is 4.00 e. The number of hydrogen-bond donors (Lipinski definition) is 0. The Morgan fingerprint density at radius 2 is 0.345 bits per heavy atom. The topological polar surface area (TPSA) is 345 Å². The Morgan fingerprint density at radius 1 is 0.345 bits per heavy atom. The molecular formula is H12Al3Li3O16P4Ti3. The summed E-state index contributed by atoms with van der Waals surface area (Å²) in [7, 11) is -21.6. The van der Waals surface area contributed by atoms with Crippen molar-refractivity contribution in [3.05, 3.63) is 0 Å². The van der Waals surface area contributed by atoms with Gasteiger partial charge in [-0.25, -0.2) is 0 Å². The standard InChI is InChI=1S/3Al.3Li.4H3O4P.3Ti.12H/c;;;;;;4*1-5(2,3)4;;;;;;;;;;;;;;;/h;;;;;;4*(H3,1,2,3,4);;;;;;;;;;;;;;;/q;;;3*+1;;;;;3*+4;;;;;;;;;;3*-1/p-12. The fraction of sp³-hybridized carbons (Fsp3) is 0. The maximum absolute atomic E-state index is 8.55. The molecule has 0 rings (SSSR count). The Bertz CT molecular complexity index is 334. The molecule has 0 bridgehead atoms.